The summed E-state index contributed by atoms with van der Waals surface area (Å²) >= 11 is 0. The monoisotopic (exact) mass is 789 g/mol. The zero-order chi connectivity index (χ0) is 40.6. The highest BCUT2D eigenvalue weighted by molar-refractivity contribution is 5.92. The number of imidazole rings is 2. The maximum absolute atomic E-state index is 14.0. The fourth-order valence-electron chi connectivity index (χ4n) is 8.48. The molecule has 4 N–H and O–H groups in total. The third-order valence-electron chi connectivity index (χ3n) is 11.2. The van der Waals surface area contributed by atoms with Crippen LogP contribution in [0.25, 0.3) is 44.8 Å². The van der Waals surface area contributed by atoms with E-state index in [4.69, 9.17) is 14.4 Å². The minimum Gasteiger partial charge on any atom is -0.436 e. The number of hydrogen-bond donors (Lipinski definition) is 4. The van der Waals surface area contributed by atoms with Crippen molar-refractivity contribution in [3.8, 4) is 22.8 Å². The third-order valence-corrected chi connectivity index (χ3v) is 11.2. The highest BCUT2D eigenvalue weighted by atomic mass is 16.4. The van der Waals surface area contributed by atoms with Gasteiger partial charge in [0.15, 0.2) is 5.76 Å². The number of amides is 4. The molecule has 2 fully saturated rings. The average molecular weight is 790 g/mol. The molecule has 2 saturated heterocycles. The molecule has 298 valence electrons. The highest BCUT2D eigenvalue weighted by Crippen LogP contribution is 2.38. The number of nitrogens with zero attached hydrogens (tertiary/aromatic N) is 5. The lowest BCUT2D eigenvalue weighted by atomic mass is 10.0. The minimum atomic E-state index is -0.803. The predicted octanol–water partition coefficient (Wildman–Crippen LogP) is 6.84. The molecule has 4 amide bonds. The van der Waals surface area contributed by atoms with Gasteiger partial charge >= 0.3 is 0 Å². The van der Waals surface area contributed by atoms with Crippen LogP contribution in [0.15, 0.2) is 108 Å². The Balaban J connectivity index is 0.957. The molecule has 0 radical (unpaired) electrons. The first-order valence-electron chi connectivity index (χ1n) is 19.9. The molecule has 4 aromatic carbocycles. The van der Waals surface area contributed by atoms with Gasteiger partial charge in [-0.25, -0.2) is 15.0 Å². The summed E-state index contributed by atoms with van der Waals surface area (Å²) in [6.07, 6.45) is 4.77. The van der Waals surface area contributed by atoms with Crippen molar-refractivity contribution >= 4 is 45.7 Å². The van der Waals surface area contributed by atoms with Gasteiger partial charge in [0.2, 0.25) is 29.5 Å². The second-order valence-corrected chi connectivity index (χ2v) is 15.2. The number of fused-ring (bicyclic) bond motifs is 2. The molecular weight excluding hydrogens is 747 g/mol. The van der Waals surface area contributed by atoms with Crippen LogP contribution in [0.2, 0.25) is 0 Å². The molecule has 59 heavy (non-hydrogen) atoms. The molecule has 0 aliphatic carbocycles. The van der Waals surface area contributed by atoms with E-state index in [1.807, 2.05) is 102 Å². The van der Waals surface area contributed by atoms with Gasteiger partial charge < -0.3 is 34.8 Å². The summed E-state index contributed by atoms with van der Waals surface area (Å²) in [4.78, 5) is 77.4. The van der Waals surface area contributed by atoms with Crippen LogP contribution in [-0.4, -0.2) is 71.4 Å². The largest absolute Gasteiger partial charge is 0.436 e. The lowest BCUT2D eigenvalue weighted by molar-refractivity contribution is -0.137. The number of carbonyl (C=O) groups is 4. The molecule has 3 aromatic heterocycles. The number of benzene rings is 4. The summed E-state index contributed by atoms with van der Waals surface area (Å²) in [6, 6.07) is 28.0. The molecule has 14 nitrogen and oxygen atoms in total. The molecule has 0 spiro atoms. The maximum atomic E-state index is 14.0. The van der Waals surface area contributed by atoms with E-state index in [-0.39, 0.29) is 35.7 Å². The standard InChI is InChI=1S/C45H43N9O5/c1-26(55)47-38(28-12-5-3-6-13-28)44(57)53-22-10-18-35(53)41-49-32-21-20-30(24-34(32)51-41)37-25-46-43(59-37)31-16-9-17-33-40(31)52-42(50-33)36-19-11-23-54(36)45(58)39(48-27(2)56)29-14-7-4-8-15-29/h3-9,12-17,20-21,24-25,35-36,38-39H,10-11,18-19,22-23H2,1-2H3,(H,47,55)(H,48,56)(H,49,51)(H,50,52)/t35-,36-,38+,39+/m0/s1. The SMILES string of the molecule is CC(=O)N[C@@H](C(=O)N1CCC[C@H]1c1nc2cc(-c3cnc(-c4cccc5[nH]c([C@@H]6CCCN6C(=O)[C@H](NC(C)=O)c6ccccc6)nc45)o3)ccc2[nH]1)c1ccccc1. The van der Waals surface area contributed by atoms with Crippen LogP contribution < -0.4 is 10.6 Å². The van der Waals surface area contributed by atoms with Crippen LogP contribution in [0.4, 0.5) is 0 Å². The van der Waals surface area contributed by atoms with Crippen molar-refractivity contribution in [2.24, 2.45) is 0 Å². The van der Waals surface area contributed by atoms with Crippen LogP contribution in [0.3, 0.4) is 0 Å². The number of rotatable bonds is 10. The Hall–Kier alpha value is -7.09. The van der Waals surface area contributed by atoms with Crippen LogP contribution in [-0.2, 0) is 19.2 Å². The molecule has 5 heterocycles. The van der Waals surface area contributed by atoms with Crippen LogP contribution >= 0.6 is 0 Å². The molecule has 2 aliphatic rings. The van der Waals surface area contributed by atoms with Crippen molar-refractivity contribution < 1.29 is 23.6 Å². The van der Waals surface area contributed by atoms with Crippen molar-refractivity contribution in [1.29, 1.82) is 0 Å². The van der Waals surface area contributed by atoms with E-state index >= 15 is 0 Å². The summed E-state index contributed by atoms with van der Waals surface area (Å²) in [5, 5.41) is 5.69. The smallest absolute Gasteiger partial charge is 0.250 e. The molecule has 0 saturated carbocycles. The van der Waals surface area contributed by atoms with Crippen LogP contribution in [0, 0.1) is 0 Å². The van der Waals surface area contributed by atoms with Gasteiger partial charge in [0.25, 0.3) is 0 Å². The first-order chi connectivity index (χ1) is 28.7. The Morgan fingerprint density at radius 2 is 1.27 bits per heavy atom. The first kappa shape index (κ1) is 37.5. The summed E-state index contributed by atoms with van der Waals surface area (Å²) in [7, 11) is 0. The van der Waals surface area contributed by atoms with E-state index in [1.54, 1.807) is 11.1 Å². The Labute approximate surface area is 339 Å². The molecule has 4 atom stereocenters. The number of para-hydroxylation sites is 1. The zero-order valence-corrected chi connectivity index (χ0v) is 32.6. The maximum Gasteiger partial charge on any atom is 0.250 e. The van der Waals surface area contributed by atoms with Crippen molar-refractivity contribution in [3.63, 3.8) is 0 Å². The Morgan fingerprint density at radius 1 is 0.695 bits per heavy atom. The van der Waals surface area contributed by atoms with Crippen molar-refractivity contribution in [2.45, 2.75) is 63.7 Å². The number of oxazole rings is 1. The predicted molar refractivity (Wildman–Crippen MR) is 220 cm³/mol. The van der Waals surface area contributed by atoms with E-state index in [9.17, 15) is 19.2 Å². The van der Waals surface area contributed by atoms with Gasteiger partial charge in [-0.2, -0.15) is 0 Å². The summed E-state index contributed by atoms with van der Waals surface area (Å²) in [5.74, 6) is 1.39. The van der Waals surface area contributed by atoms with Crippen molar-refractivity contribution in [3.05, 3.63) is 126 Å². The second kappa shape index (κ2) is 15.7. The highest BCUT2D eigenvalue weighted by Gasteiger charge is 2.38. The van der Waals surface area contributed by atoms with E-state index in [2.05, 4.69) is 25.6 Å². The van der Waals surface area contributed by atoms with Gasteiger partial charge in [-0.1, -0.05) is 66.7 Å². The first-order valence-corrected chi connectivity index (χ1v) is 19.9. The lowest BCUT2D eigenvalue weighted by Crippen LogP contribution is -2.42. The molecule has 9 rings (SSSR count). The number of nitrogens with one attached hydrogen (secondary N) is 4. The van der Waals surface area contributed by atoms with Gasteiger partial charge in [0, 0.05) is 32.5 Å². The summed E-state index contributed by atoms with van der Waals surface area (Å²) in [5.41, 5.74) is 5.94. The minimum absolute atomic E-state index is 0.170. The van der Waals surface area contributed by atoms with E-state index < -0.39 is 12.1 Å². The van der Waals surface area contributed by atoms with Gasteiger partial charge in [0.05, 0.1) is 40.4 Å². The Bertz CT molecular complexity index is 2690. The molecule has 0 bridgehead atoms. The molecule has 14 heteroatoms. The van der Waals surface area contributed by atoms with Gasteiger partial charge in [-0.15, -0.1) is 0 Å². The Kier molecular flexibility index (Phi) is 9.97. The van der Waals surface area contributed by atoms with Crippen LogP contribution in [0.5, 0.6) is 0 Å². The summed E-state index contributed by atoms with van der Waals surface area (Å²) in [6.45, 7) is 3.94. The molecular formula is C45H43N9O5. The number of H-pyrrole nitrogens is 2. The normalized spacial score (nSPS) is 17.7. The lowest BCUT2D eigenvalue weighted by Gasteiger charge is -2.28. The molecule has 0 unspecified atom stereocenters. The third kappa shape index (κ3) is 7.33. The average Bonchev–Trinajstić information content (AvgIpc) is 4.10. The summed E-state index contributed by atoms with van der Waals surface area (Å²) < 4.78 is 6.38. The van der Waals surface area contributed by atoms with E-state index in [1.165, 1.54) is 13.8 Å². The molecule has 2 aliphatic heterocycles. The number of hydrogen-bond acceptors (Lipinski definition) is 8. The number of aromatic nitrogens is 5. The van der Waals surface area contributed by atoms with Gasteiger partial charge in [-0.05, 0) is 67.1 Å². The number of carbonyl (C=O) groups excluding carboxylic acids is 4. The van der Waals surface area contributed by atoms with Crippen molar-refractivity contribution in [1.82, 2.24) is 45.4 Å². The van der Waals surface area contributed by atoms with Gasteiger partial charge in [0.1, 0.15) is 29.2 Å². The fraction of sp³-hybridized carbons (Fsp3) is 0.267. The fourth-order valence-corrected chi connectivity index (χ4v) is 8.48. The quantitative estimate of drug-likeness (QED) is 0.116. The van der Waals surface area contributed by atoms with Gasteiger partial charge in [-0.3, -0.25) is 19.2 Å². The van der Waals surface area contributed by atoms with E-state index in [0.717, 1.165) is 58.9 Å². The Morgan fingerprint density at radius 3 is 1.86 bits per heavy atom. The van der Waals surface area contributed by atoms with Crippen LogP contribution in [0.1, 0.15) is 86.5 Å². The van der Waals surface area contributed by atoms with Crippen molar-refractivity contribution in [2.75, 3.05) is 13.1 Å². The zero-order valence-electron chi connectivity index (χ0n) is 32.6. The molecule has 7 aromatic rings. The number of aromatic amines is 2. The number of likely N-dealkylation sites (tertiary alicyclic amines) is 2. The second-order valence-electron chi connectivity index (χ2n) is 15.2. The topological polar surface area (TPSA) is 182 Å². The van der Waals surface area contributed by atoms with E-state index in [0.29, 0.717) is 47.5 Å².